The molecule has 0 bridgehead atoms. The molecule has 5 heteroatoms. The molecule has 2 N–H and O–H groups in total. The van der Waals surface area contributed by atoms with E-state index in [-0.39, 0.29) is 5.92 Å². The largest absolute Gasteiger partial charge is 0.480 e. The lowest BCUT2D eigenvalue weighted by atomic mass is 9.91. The van der Waals surface area contributed by atoms with Crippen molar-refractivity contribution in [3.05, 3.63) is 0 Å². The van der Waals surface area contributed by atoms with Crippen LogP contribution in [-0.4, -0.2) is 61.9 Å². The van der Waals surface area contributed by atoms with Gasteiger partial charge in [0.2, 0.25) is 0 Å². The Balaban J connectivity index is 1.90. The van der Waals surface area contributed by atoms with Crippen LogP contribution in [0.1, 0.15) is 25.7 Å². The third-order valence-electron chi connectivity index (χ3n) is 4.53. The highest BCUT2D eigenvalue weighted by Gasteiger charge is 2.50. The summed E-state index contributed by atoms with van der Waals surface area (Å²) in [5.41, 5.74) is -0.764. The van der Waals surface area contributed by atoms with E-state index in [2.05, 4.69) is 10.2 Å². The molecule has 1 heterocycles. The summed E-state index contributed by atoms with van der Waals surface area (Å²) in [6, 6.07) is 0. The maximum Gasteiger partial charge on any atom is 0.325 e. The summed E-state index contributed by atoms with van der Waals surface area (Å²) >= 11 is 0. The number of carboxylic acid groups (broad SMARTS) is 1. The number of ether oxygens (including phenoxy) is 1. The van der Waals surface area contributed by atoms with Gasteiger partial charge in [-0.2, -0.15) is 0 Å². The number of likely N-dealkylation sites (N-methyl/N-ethyl adjacent to an activating group) is 2. The van der Waals surface area contributed by atoms with Gasteiger partial charge in [0.15, 0.2) is 0 Å². The van der Waals surface area contributed by atoms with E-state index in [1.165, 1.54) is 0 Å². The number of rotatable bonds is 7. The Kier molecular flexibility index (Phi) is 4.81. The van der Waals surface area contributed by atoms with Crippen molar-refractivity contribution in [2.45, 2.75) is 31.2 Å². The highest BCUT2D eigenvalue weighted by Crippen LogP contribution is 2.40. The molecule has 2 rings (SSSR count). The Morgan fingerprint density at radius 3 is 2.47 bits per heavy atom. The molecule has 0 radical (unpaired) electrons. The van der Waals surface area contributed by atoms with Crippen LogP contribution in [0, 0.1) is 11.8 Å². The number of hydrogen-bond acceptors (Lipinski definition) is 4. The second-order valence-electron chi connectivity index (χ2n) is 6.05. The smallest absolute Gasteiger partial charge is 0.325 e. The Bertz CT molecular complexity index is 314. The minimum Gasteiger partial charge on any atom is -0.480 e. The zero-order valence-electron chi connectivity index (χ0n) is 12.0. The van der Waals surface area contributed by atoms with E-state index in [0.717, 1.165) is 45.4 Å². The summed E-state index contributed by atoms with van der Waals surface area (Å²) in [7, 11) is 3.81. The van der Waals surface area contributed by atoms with E-state index in [1.54, 1.807) is 7.05 Å². The van der Waals surface area contributed by atoms with Crippen LogP contribution in [0.3, 0.4) is 0 Å². The van der Waals surface area contributed by atoms with Crippen LogP contribution in [0.4, 0.5) is 0 Å². The highest BCUT2D eigenvalue weighted by molar-refractivity contribution is 5.80. The van der Waals surface area contributed by atoms with Gasteiger partial charge >= 0.3 is 5.97 Å². The molecule has 1 aliphatic heterocycles. The van der Waals surface area contributed by atoms with Gasteiger partial charge in [-0.05, 0) is 51.6 Å². The van der Waals surface area contributed by atoms with Crippen LogP contribution in [0.5, 0.6) is 0 Å². The molecule has 110 valence electrons. The Morgan fingerprint density at radius 1 is 1.37 bits per heavy atom. The predicted octanol–water partition coefficient (Wildman–Crippen LogP) is 0.798. The molecule has 0 aromatic carbocycles. The van der Waals surface area contributed by atoms with Gasteiger partial charge in [0.25, 0.3) is 0 Å². The van der Waals surface area contributed by atoms with Crippen LogP contribution < -0.4 is 5.32 Å². The number of nitrogens with one attached hydrogen (secondary N) is 1. The first kappa shape index (κ1) is 14.8. The number of carboxylic acids is 1. The monoisotopic (exact) mass is 270 g/mol. The van der Waals surface area contributed by atoms with Crippen molar-refractivity contribution >= 4 is 5.97 Å². The highest BCUT2D eigenvalue weighted by atomic mass is 16.5. The van der Waals surface area contributed by atoms with Crippen molar-refractivity contribution in [2.24, 2.45) is 11.8 Å². The van der Waals surface area contributed by atoms with Crippen LogP contribution in [-0.2, 0) is 9.53 Å². The second kappa shape index (κ2) is 6.20. The Morgan fingerprint density at radius 2 is 2.00 bits per heavy atom. The Labute approximate surface area is 115 Å². The molecule has 19 heavy (non-hydrogen) atoms. The van der Waals surface area contributed by atoms with Crippen LogP contribution in [0.25, 0.3) is 0 Å². The third-order valence-corrected chi connectivity index (χ3v) is 4.53. The average Bonchev–Trinajstić information content (AvgIpc) is 3.21. The molecule has 1 aliphatic carbocycles. The zero-order chi connectivity index (χ0) is 13.9. The standard InChI is InChI=1S/C14H26N2O3/c1-15-14(13(17)18,12-3-4-12)10-16(2)9-11-5-7-19-8-6-11/h11-12,15H,3-10H2,1-2H3,(H,17,18). The Hall–Kier alpha value is -0.650. The van der Waals surface area contributed by atoms with E-state index in [0.29, 0.717) is 12.5 Å². The molecule has 1 atom stereocenters. The minimum atomic E-state index is -0.764. The van der Waals surface area contributed by atoms with Crippen molar-refractivity contribution in [1.82, 2.24) is 10.2 Å². The average molecular weight is 270 g/mol. The first-order valence-electron chi connectivity index (χ1n) is 7.27. The van der Waals surface area contributed by atoms with Gasteiger partial charge < -0.3 is 20.1 Å². The summed E-state index contributed by atoms with van der Waals surface area (Å²) in [6.45, 7) is 3.24. The number of hydrogen-bond donors (Lipinski definition) is 2. The molecule has 1 saturated heterocycles. The molecular formula is C14H26N2O3. The fraction of sp³-hybridized carbons (Fsp3) is 0.929. The van der Waals surface area contributed by atoms with Crippen molar-refractivity contribution in [3.63, 3.8) is 0 Å². The predicted molar refractivity (Wildman–Crippen MR) is 73.2 cm³/mol. The molecule has 1 unspecified atom stereocenters. The van der Waals surface area contributed by atoms with Crippen molar-refractivity contribution < 1.29 is 14.6 Å². The van der Waals surface area contributed by atoms with E-state index < -0.39 is 11.5 Å². The van der Waals surface area contributed by atoms with Gasteiger partial charge in [0, 0.05) is 26.3 Å². The fourth-order valence-corrected chi connectivity index (χ4v) is 3.20. The molecule has 5 nitrogen and oxygen atoms in total. The summed E-state index contributed by atoms with van der Waals surface area (Å²) < 4.78 is 5.36. The van der Waals surface area contributed by atoms with Gasteiger partial charge in [0.1, 0.15) is 5.54 Å². The molecule has 2 aliphatic rings. The van der Waals surface area contributed by atoms with Crippen molar-refractivity contribution in [3.8, 4) is 0 Å². The van der Waals surface area contributed by atoms with Crippen LogP contribution in [0.15, 0.2) is 0 Å². The molecule has 0 spiro atoms. The maximum absolute atomic E-state index is 11.7. The second-order valence-corrected chi connectivity index (χ2v) is 6.05. The fourth-order valence-electron chi connectivity index (χ4n) is 3.20. The molecule has 0 aromatic rings. The quantitative estimate of drug-likeness (QED) is 0.716. The maximum atomic E-state index is 11.7. The number of carbonyl (C=O) groups is 1. The van der Waals surface area contributed by atoms with Gasteiger partial charge in [-0.3, -0.25) is 4.79 Å². The van der Waals surface area contributed by atoms with E-state index in [4.69, 9.17) is 4.74 Å². The summed E-state index contributed by atoms with van der Waals surface area (Å²) in [5.74, 6) is 0.213. The lowest BCUT2D eigenvalue weighted by Gasteiger charge is -2.35. The molecule has 2 fully saturated rings. The molecule has 0 amide bonds. The molecule has 1 saturated carbocycles. The zero-order valence-corrected chi connectivity index (χ0v) is 12.0. The molecule has 0 aromatic heterocycles. The van der Waals surface area contributed by atoms with E-state index in [9.17, 15) is 9.90 Å². The summed E-state index contributed by atoms with van der Waals surface area (Å²) in [5, 5.41) is 12.7. The first-order valence-corrected chi connectivity index (χ1v) is 7.27. The van der Waals surface area contributed by atoms with Crippen LogP contribution in [0.2, 0.25) is 0 Å². The van der Waals surface area contributed by atoms with E-state index in [1.807, 2.05) is 7.05 Å². The first-order chi connectivity index (χ1) is 9.08. The summed E-state index contributed by atoms with van der Waals surface area (Å²) in [4.78, 5) is 13.8. The van der Waals surface area contributed by atoms with Gasteiger partial charge in [-0.1, -0.05) is 0 Å². The molecular weight excluding hydrogens is 244 g/mol. The lowest BCUT2D eigenvalue weighted by molar-refractivity contribution is -0.146. The van der Waals surface area contributed by atoms with Gasteiger partial charge in [0.05, 0.1) is 0 Å². The normalized spacial score (nSPS) is 24.4. The van der Waals surface area contributed by atoms with Crippen molar-refractivity contribution in [2.75, 3.05) is 40.4 Å². The van der Waals surface area contributed by atoms with Crippen molar-refractivity contribution in [1.29, 1.82) is 0 Å². The van der Waals surface area contributed by atoms with Crippen LogP contribution >= 0.6 is 0 Å². The minimum absolute atomic E-state index is 0.284. The summed E-state index contributed by atoms with van der Waals surface area (Å²) in [6.07, 6.45) is 4.23. The lowest BCUT2D eigenvalue weighted by Crippen LogP contribution is -2.59. The number of nitrogens with zero attached hydrogens (tertiary/aromatic N) is 1. The SMILES string of the molecule is CNC(CN(C)CC1CCOCC1)(C(=O)O)C1CC1. The van der Waals surface area contributed by atoms with E-state index >= 15 is 0 Å². The third kappa shape index (κ3) is 3.46. The topological polar surface area (TPSA) is 61.8 Å². The number of aliphatic carboxylic acids is 1. The van der Waals surface area contributed by atoms with Gasteiger partial charge in [-0.15, -0.1) is 0 Å². The van der Waals surface area contributed by atoms with Gasteiger partial charge in [-0.25, -0.2) is 0 Å².